The van der Waals surface area contributed by atoms with E-state index in [1.165, 1.54) is 0 Å². The molecular weight excluding hydrogens is 296 g/mol. The molecule has 1 aromatic carbocycles. The molecule has 0 saturated carbocycles. The highest BCUT2D eigenvalue weighted by molar-refractivity contribution is 5.78. The summed E-state index contributed by atoms with van der Waals surface area (Å²) in [6, 6.07) is 9.71. The molecule has 6 heteroatoms. The fourth-order valence-electron chi connectivity index (χ4n) is 3.23. The van der Waals surface area contributed by atoms with Gasteiger partial charge in [-0.2, -0.15) is 0 Å². The van der Waals surface area contributed by atoms with Crippen LogP contribution in [0.25, 0.3) is 11.0 Å². The summed E-state index contributed by atoms with van der Waals surface area (Å²) in [6.07, 6.45) is 1.45. The number of rotatable bonds is 2. The predicted octanol–water partition coefficient (Wildman–Crippen LogP) is 2.48. The SMILES string of the molecule is O=C(NCc1cc2ccccc2o1)N1CCC2(CC1)OCCO2. The van der Waals surface area contributed by atoms with Gasteiger partial charge < -0.3 is 24.1 Å². The predicted molar refractivity (Wildman–Crippen MR) is 83.9 cm³/mol. The lowest BCUT2D eigenvalue weighted by atomic mass is 10.0. The molecule has 1 aromatic heterocycles. The quantitative estimate of drug-likeness (QED) is 0.924. The zero-order chi connectivity index (χ0) is 15.7. The number of furan rings is 1. The van der Waals surface area contributed by atoms with Crippen LogP contribution in [0.2, 0.25) is 0 Å². The molecule has 2 fully saturated rings. The number of benzene rings is 1. The van der Waals surface area contributed by atoms with Crippen molar-refractivity contribution in [2.75, 3.05) is 26.3 Å². The van der Waals surface area contributed by atoms with Crippen molar-refractivity contribution in [1.82, 2.24) is 10.2 Å². The van der Waals surface area contributed by atoms with Crippen LogP contribution in [-0.4, -0.2) is 43.0 Å². The Balaban J connectivity index is 1.32. The van der Waals surface area contributed by atoms with Crippen molar-refractivity contribution < 1.29 is 18.7 Å². The first-order valence-corrected chi connectivity index (χ1v) is 8.02. The minimum Gasteiger partial charge on any atom is -0.459 e. The Morgan fingerprint density at radius 3 is 2.65 bits per heavy atom. The van der Waals surface area contributed by atoms with Crippen molar-refractivity contribution in [3.8, 4) is 0 Å². The van der Waals surface area contributed by atoms with Crippen molar-refractivity contribution in [2.24, 2.45) is 0 Å². The van der Waals surface area contributed by atoms with E-state index in [9.17, 15) is 4.79 Å². The van der Waals surface area contributed by atoms with Gasteiger partial charge >= 0.3 is 6.03 Å². The van der Waals surface area contributed by atoms with Gasteiger partial charge in [0.25, 0.3) is 0 Å². The third kappa shape index (κ3) is 2.92. The van der Waals surface area contributed by atoms with E-state index in [0.717, 1.165) is 29.6 Å². The second-order valence-electron chi connectivity index (χ2n) is 6.00. The standard InChI is InChI=1S/C17H20N2O4/c20-16(19-7-5-17(6-8-19)21-9-10-22-17)18-12-14-11-13-3-1-2-4-15(13)23-14/h1-4,11H,5-10,12H2,(H,18,20). The summed E-state index contributed by atoms with van der Waals surface area (Å²) in [7, 11) is 0. The van der Waals surface area contributed by atoms with Crippen LogP contribution in [0.5, 0.6) is 0 Å². The van der Waals surface area contributed by atoms with Gasteiger partial charge in [0, 0.05) is 31.3 Å². The molecule has 23 heavy (non-hydrogen) atoms. The number of hydrogen-bond acceptors (Lipinski definition) is 4. The summed E-state index contributed by atoms with van der Waals surface area (Å²) in [5.41, 5.74) is 0.840. The van der Waals surface area contributed by atoms with E-state index in [4.69, 9.17) is 13.9 Å². The highest BCUT2D eigenvalue weighted by Crippen LogP contribution is 2.31. The monoisotopic (exact) mass is 316 g/mol. The molecule has 6 nitrogen and oxygen atoms in total. The fourth-order valence-corrected chi connectivity index (χ4v) is 3.23. The maximum Gasteiger partial charge on any atom is 0.317 e. The molecule has 4 rings (SSSR count). The van der Waals surface area contributed by atoms with Gasteiger partial charge in [0.05, 0.1) is 19.8 Å². The van der Waals surface area contributed by atoms with Crippen molar-refractivity contribution in [3.63, 3.8) is 0 Å². The molecule has 0 bridgehead atoms. The van der Waals surface area contributed by atoms with E-state index >= 15 is 0 Å². The Kier molecular flexibility index (Phi) is 3.71. The number of nitrogens with zero attached hydrogens (tertiary/aromatic N) is 1. The molecule has 0 radical (unpaired) electrons. The summed E-state index contributed by atoms with van der Waals surface area (Å²) in [6.45, 7) is 2.98. The number of urea groups is 1. The van der Waals surface area contributed by atoms with Gasteiger partial charge in [-0.05, 0) is 12.1 Å². The van der Waals surface area contributed by atoms with E-state index in [0.29, 0.717) is 32.8 Å². The lowest BCUT2D eigenvalue weighted by molar-refractivity contribution is -0.181. The third-order valence-electron chi connectivity index (χ3n) is 4.52. The molecule has 1 spiro atoms. The van der Waals surface area contributed by atoms with E-state index < -0.39 is 5.79 Å². The van der Waals surface area contributed by atoms with Crippen LogP contribution in [-0.2, 0) is 16.0 Å². The number of carbonyl (C=O) groups is 1. The van der Waals surface area contributed by atoms with Gasteiger partial charge in [-0.1, -0.05) is 18.2 Å². The van der Waals surface area contributed by atoms with E-state index in [-0.39, 0.29) is 6.03 Å². The summed E-state index contributed by atoms with van der Waals surface area (Å²) < 4.78 is 17.1. The Labute approximate surface area is 134 Å². The number of fused-ring (bicyclic) bond motifs is 1. The molecule has 2 aliphatic heterocycles. The average Bonchev–Trinajstić information content (AvgIpc) is 3.20. The lowest BCUT2D eigenvalue weighted by Gasteiger charge is -2.37. The van der Waals surface area contributed by atoms with Crippen molar-refractivity contribution >= 4 is 17.0 Å². The number of ether oxygens (including phenoxy) is 2. The second kappa shape index (κ2) is 5.86. The maximum atomic E-state index is 12.3. The molecule has 2 amide bonds. The van der Waals surface area contributed by atoms with Crippen molar-refractivity contribution in [1.29, 1.82) is 0 Å². The number of carbonyl (C=O) groups excluding carboxylic acids is 1. The Hall–Kier alpha value is -2.05. The highest BCUT2D eigenvalue weighted by Gasteiger charge is 2.40. The van der Waals surface area contributed by atoms with Crippen LogP contribution in [0.15, 0.2) is 34.7 Å². The van der Waals surface area contributed by atoms with Gasteiger partial charge in [-0.25, -0.2) is 4.79 Å². The van der Waals surface area contributed by atoms with Crippen molar-refractivity contribution in [2.45, 2.75) is 25.2 Å². The zero-order valence-electron chi connectivity index (χ0n) is 12.9. The Bertz CT molecular complexity index is 662. The molecule has 122 valence electrons. The smallest absolute Gasteiger partial charge is 0.317 e. The zero-order valence-corrected chi connectivity index (χ0v) is 12.9. The van der Waals surface area contributed by atoms with E-state index in [1.807, 2.05) is 30.3 Å². The van der Waals surface area contributed by atoms with Crippen molar-refractivity contribution in [3.05, 3.63) is 36.1 Å². The first-order chi connectivity index (χ1) is 11.2. The summed E-state index contributed by atoms with van der Waals surface area (Å²) in [5, 5.41) is 3.97. The third-order valence-corrected chi connectivity index (χ3v) is 4.52. The molecular formula is C17H20N2O4. The molecule has 2 aliphatic rings. The number of amides is 2. The van der Waals surface area contributed by atoms with E-state index in [1.54, 1.807) is 4.90 Å². The Morgan fingerprint density at radius 2 is 1.91 bits per heavy atom. The first-order valence-electron chi connectivity index (χ1n) is 8.02. The summed E-state index contributed by atoms with van der Waals surface area (Å²) in [4.78, 5) is 14.1. The normalized spacial score (nSPS) is 20.3. The maximum absolute atomic E-state index is 12.3. The highest BCUT2D eigenvalue weighted by atomic mass is 16.7. The lowest BCUT2D eigenvalue weighted by Crippen LogP contribution is -2.50. The molecule has 2 aromatic rings. The van der Waals surface area contributed by atoms with Crippen LogP contribution in [0.1, 0.15) is 18.6 Å². The van der Waals surface area contributed by atoms with Gasteiger partial charge in [-0.15, -0.1) is 0 Å². The molecule has 0 atom stereocenters. The topological polar surface area (TPSA) is 63.9 Å². The van der Waals surface area contributed by atoms with Gasteiger partial charge in [0.1, 0.15) is 11.3 Å². The van der Waals surface area contributed by atoms with Crippen LogP contribution in [0, 0.1) is 0 Å². The van der Waals surface area contributed by atoms with Crippen LogP contribution in [0.4, 0.5) is 4.79 Å². The number of nitrogens with one attached hydrogen (secondary N) is 1. The minimum atomic E-state index is -0.449. The summed E-state index contributed by atoms with van der Waals surface area (Å²) >= 11 is 0. The second-order valence-corrected chi connectivity index (χ2v) is 6.00. The molecule has 0 aliphatic carbocycles. The number of piperidine rings is 1. The Morgan fingerprint density at radius 1 is 1.17 bits per heavy atom. The van der Waals surface area contributed by atoms with Gasteiger partial charge in [0.15, 0.2) is 5.79 Å². The van der Waals surface area contributed by atoms with Gasteiger partial charge in [-0.3, -0.25) is 0 Å². The van der Waals surface area contributed by atoms with Crippen LogP contribution < -0.4 is 5.32 Å². The van der Waals surface area contributed by atoms with Crippen LogP contribution >= 0.6 is 0 Å². The van der Waals surface area contributed by atoms with Gasteiger partial charge in [0.2, 0.25) is 0 Å². The number of para-hydroxylation sites is 1. The van der Waals surface area contributed by atoms with Crippen LogP contribution in [0.3, 0.4) is 0 Å². The molecule has 3 heterocycles. The molecule has 0 unspecified atom stereocenters. The van der Waals surface area contributed by atoms with E-state index in [2.05, 4.69) is 5.32 Å². The average molecular weight is 316 g/mol. The number of hydrogen-bond donors (Lipinski definition) is 1. The molecule has 2 saturated heterocycles. The number of likely N-dealkylation sites (tertiary alicyclic amines) is 1. The molecule has 1 N–H and O–H groups in total. The first kappa shape index (κ1) is 14.5. The minimum absolute atomic E-state index is 0.0710. The fraction of sp³-hybridized carbons (Fsp3) is 0.471. The largest absolute Gasteiger partial charge is 0.459 e. The summed E-state index contributed by atoms with van der Waals surface area (Å²) in [5.74, 6) is 0.311.